The first-order valence-corrected chi connectivity index (χ1v) is 20.4. The number of aromatic amines is 1. The number of fused-ring (bicyclic) bond motifs is 2. The summed E-state index contributed by atoms with van der Waals surface area (Å²) in [5.41, 5.74) is 1.27. The van der Waals surface area contributed by atoms with E-state index >= 15 is 0 Å². The van der Waals surface area contributed by atoms with Crippen LogP contribution in [0.5, 0.6) is 11.5 Å². The van der Waals surface area contributed by atoms with Crippen LogP contribution < -0.4 is 20.7 Å². The molecule has 0 radical (unpaired) electrons. The second-order valence-corrected chi connectivity index (χ2v) is 16.8. The molecule has 55 heavy (non-hydrogen) atoms. The van der Waals surface area contributed by atoms with Crippen molar-refractivity contribution in [2.75, 3.05) is 33.2 Å². The molecule has 2 aliphatic rings. The van der Waals surface area contributed by atoms with Gasteiger partial charge >= 0.3 is 5.69 Å². The number of methoxy groups -OCH3 is 2. The SMILES string of the molecule is COc1ccc(C(SCC23COC(C(n4cc(C)c(=O)[nH]c4=O)O2)C3OP(OCCC#N)N(C(C)C)C(C)C)(c2ccccc2)c2ccc(OC)cc2)cc1. The standard InChI is InChI=1S/C41H49N4O8PS/c1-27(2)45(28(3)4)54(51-23-11-22-42)53-36-35-38(44-24-29(5)37(46)43-39(44)47)52-40(36,25-50-35)26-55-41(30-12-9-8-10-13-30,31-14-18-33(48-6)19-15-31)32-16-20-34(49-7)21-17-32/h8-10,12-21,24,27-28,35-36,38H,11,23,25-26H2,1-7H3,(H,43,46,47). The zero-order valence-electron chi connectivity index (χ0n) is 32.3. The Morgan fingerprint density at radius 2 is 1.55 bits per heavy atom. The largest absolute Gasteiger partial charge is 0.497 e. The molecule has 1 N–H and O–H groups in total. The number of thioether (sulfide) groups is 1. The summed E-state index contributed by atoms with van der Waals surface area (Å²) in [5.74, 6) is 1.83. The fraction of sp³-hybridized carbons (Fsp3) is 0.439. The molecule has 0 saturated carbocycles. The number of nitrogens with zero attached hydrogens (tertiary/aromatic N) is 3. The van der Waals surface area contributed by atoms with Crippen LogP contribution in [0, 0.1) is 18.3 Å². The Labute approximate surface area is 327 Å². The van der Waals surface area contributed by atoms with Crippen molar-refractivity contribution in [3.8, 4) is 17.6 Å². The van der Waals surface area contributed by atoms with Crippen LogP contribution in [0.4, 0.5) is 0 Å². The third-order valence-corrected chi connectivity index (χ3v) is 13.9. The van der Waals surface area contributed by atoms with Gasteiger partial charge in [0.05, 0.1) is 44.7 Å². The van der Waals surface area contributed by atoms with E-state index in [0.717, 1.165) is 28.2 Å². The molecule has 292 valence electrons. The molecule has 2 aliphatic heterocycles. The highest BCUT2D eigenvalue weighted by molar-refractivity contribution is 8.00. The predicted molar refractivity (Wildman–Crippen MR) is 214 cm³/mol. The molecule has 14 heteroatoms. The quantitative estimate of drug-likeness (QED) is 0.0679. The smallest absolute Gasteiger partial charge is 0.330 e. The average Bonchev–Trinajstić information content (AvgIpc) is 3.68. The Morgan fingerprint density at radius 1 is 0.964 bits per heavy atom. The number of hydrogen-bond donors (Lipinski definition) is 1. The summed E-state index contributed by atoms with van der Waals surface area (Å²) in [6, 6.07) is 28.7. The van der Waals surface area contributed by atoms with Crippen LogP contribution in [-0.2, 0) is 23.3 Å². The van der Waals surface area contributed by atoms with E-state index in [0.29, 0.717) is 11.3 Å². The highest BCUT2D eigenvalue weighted by Crippen LogP contribution is 2.58. The lowest BCUT2D eigenvalue weighted by Crippen LogP contribution is -2.46. The van der Waals surface area contributed by atoms with Crippen molar-refractivity contribution < 1.29 is 28.0 Å². The van der Waals surface area contributed by atoms with Crippen LogP contribution in [-0.4, -0.2) is 77.3 Å². The number of rotatable bonds is 17. The maximum absolute atomic E-state index is 13.4. The number of benzene rings is 3. The van der Waals surface area contributed by atoms with Gasteiger partial charge < -0.3 is 28.0 Å². The molecule has 4 aromatic rings. The van der Waals surface area contributed by atoms with Crippen LogP contribution in [0.15, 0.2) is 94.6 Å². The molecule has 5 unspecified atom stereocenters. The Bertz CT molecular complexity index is 2000. The van der Waals surface area contributed by atoms with Gasteiger partial charge in [0, 0.05) is 29.6 Å². The zero-order chi connectivity index (χ0) is 39.3. The minimum Gasteiger partial charge on any atom is -0.497 e. The van der Waals surface area contributed by atoms with Gasteiger partial charge in [0.15, 0.2) is 6.23 Å². The van der Waals surface area contributed by atoms with Crippen molar-refractivity contribution in [3.05, 3.63) is 128 Å². The van der Waals surface area contributed by atoms with Crippen molar-refractivity contribution in [2.24, 2.45) is 0 Å². The lowest BCUT2D eigenvalue weighted by molar-refractivity contribution is -0.165. The number of aromatic nitrogens is 2. The molecule has 3 aromatic carbocycles. The van der Waals surface area contributed by atoms with Crippen molar-refractivity contribution in [3.63, 3.8) is 0 Å². The summed E-state index contributed by atoms with van der Waals surface area (Å²) >= 11 is 1.68. The lowest BCUT2D eigenvalue weighted by atomic mass is 9.84. The summed E-state index contributed by atoms with van der Waals surface area (Å²) in [4.78, 5) is 28.2. The molecule has 0 amide bonds. The number of aryl methyl sites for hydroxylation is 1. The fourth-order valence-electron chi connectivity index (χ4n) is 7.35. The molecular formula is C41H49N4O8PS. The third-order valence-electron chi connectivity index (χ3n) is 9.97. The van der Waals surface area contributed by atoms with Crippen LogP contribution >= 0.6 is 20.3 Å². The molecule has 2 fully saturated rings. The lowest BCUT2D eigenvalue weighted by Gasteiger charge is -2.41. The molecule has 6 rings (SSSR count). The van der Waals surface area contributed by atoms with Crippen molar-refractivity contribution in [2.45, 2.75) is 81.9 Å². The first kappa shape index (κ1) is 40.7. The summed E-state index contributed by atoms with van der Waals surface area (Å²) < 4.78 is 41.0. The first-order chi connectivity index (χ1) is 26.5. The third kappa shape index (κ3) is 8.14. The van der Waals surface area contributed by atoms with Crippen LogP contribution in [0.2, 0.25) is 0 Å². The molecular weight excluding hydrogens is 740 g/mol. The van der Waals surface area contributed by atoms with Gasteiger partial charge in [-0.05, 0) is 75.6 Å². The van der Waals surface area contributed by atoms with E-state index in [-0.39, 0.29) is 31.7 Å². The van der Waals surface area contributed by atoms with E-state index < -0.39 is 48.6 Å². The summed E-state index contributed by atoms with van der Waals surface area (Å²) in [5, 5.41) is 9.38. The van der Waals surface area contributed by atoms with Gasteiger partial charge in [0.1, 0.15) is 29.3 Å². The Kier molecular flexibility index (Phi) is 12.9. The second kappa shape index (κ2) is 17.4. The van der Waals surface area contributed by atoms with Gasteiger partial charge in [0.2, 0.25) is 0 Å². The summed E-state index contributed by atoms with van der Waals surface area (Å²) in [6.07, 6.45) is -0.609. The Balaban J connectivity index is 1.49. The van der Waals surface area contributed by atoms with E-state index in [4.69, 9.17) is 28.0 Å². The second-order valence-electron chi connectivity index (χ2n) is 14.2. The number of H-pyrrole nitrogens is 1. The van der Waals surface area contributed by atoms with Crippen LogP contribution in [0.1, 0.15) is 62.6 Å². The minimum atomic E-state index is -1.72. The predicted octanol–water partition coefficient (Wildman–Crippen LogP) is 6.92. The highest BCUT2D eigenvalue weighted by Gasteiger charge is 2.65. The summed E-state index contributed by atoms with van der Waals surface area (Å²) in [6.45, 7) is 10.3. The van der Waals surface area contributed by atoms with Gasteiger partial charge in [-0.3, -0.25) is 14.3 Å². The molecule has 1 aromatic heterocycles. The Morgan fingerprint density at radius 3 is 2.09 bits per heavy atom. The van der Waals surface area contributed by atoms with Crippen LogP contribution in [0.3, 0.4) is 0 Å². The van der Waals surface area contributed by atoms with E-state index in [1.165, 1.54) is 10.8 Å². The van der Waals surface area contributed by atoms with Gasteiger partial charge in [-0.1, -0.05) is 54.6 Å². The molecule has 2 bridgehead atoms. The molecule has 2 saturated heterocycles. The summed E-state index contributed by atoms with van der Waals surface area (Å²) in [7, 11) is 1.58. The molecule has 5 atom stereocenters. The van der Waals surface area contributed by atoms with Crippen molar-refractivity contribution in [1.82, 2.24) is 14.2 Å². The molecule has 12 nitrogen and oxygen atoms in total. The number of nitrogens with one attached hydrogen (secondary N) is 1. The zero-order valence-corrected chi connectivity index (χ0v) is 34.0. The molecule has 0 spiro atoms. The maximum Gasteiger partial charge on any atom is 0.330 e. The van der Waals surface area contributed by atoms with Crippen molar-refractivity contribution in [1.29, 1.82) is 5.26 Å². The van der Waals surface area contributed by atoms with Gasteiger partial charge in [-0.25, -0.2) is 9.46 Å². The van der Waals surface area contributed by atoms with Gasteiger partial charge in [-0.15, -0.1) is 11.8 Å². The van der Waals surface area contributed by atoms with E-state index in [1.54, 1.807) is 32.9 Å². The monoisotopic (exact) mass is 788 g/mol. The van der Waals surface area contributed by atoms with Crippen LogP contribution in [0.25, 0.3) is 0 Å². The number of ether oxygens (including phenoxy) is 4. The number of nitriles is 1. The number of hydrogen-bond acceptors (Lipinski definition) is 11. The fourth-order valence-corrected chi connectivity index (χ4v) is 10.8. The minimum absolute atomic E-state index is 0.0514. The molecule has 0 aliphatic carbocycles. The average molecular weight is 789 g/mol. The Hall–Kier alpha value is -3.99. The van der Waals surface area contributed by atoms with E-state index in [2.05, 4.69) is 79.8 Å². The topological polar surface area (TPSA) is 137 Å². The van der Waals surface area contributed by atoms with Gasteiger partial charge in [-0.2, -0.15) is 5.26 Å². The highest BCUT2D eigenvalue weighted by atomic mass is 32.2. The normalized spacial score (nSPS) is 21.3. The van der Waals surface area contributed by atoms with E-state index in [1.807, 2.05) is 42.5 Å². The van der Waals surface area contributed by atoms with Crippen molar-refractivity contribution >= 4 is 20.3 Å². The van der Waals surface area contributed by atoms with E-state index in [9.17, 15) is 14.9 Å². The first-order valence-electron chi connectivity index (χ1n) is 18.3. The van der Waals surface area contributed by atoms with Gasteiger partial charge in [0.25, 0.3) is 14.1 Å². The maximum atomic E-state index is 13.4. The molecule has 3 heterocycles.